The van der Waals surface area contributed by atoms with Gasteiger partial charge in [-0.15, -0.1) is 0 Å². The molecule has 2 aromatic carbocycles. The van der Waals surface area contributed by atoms with E-state index in [2.05, 4.69) is 5.32 Å². The minimum atomic E-state index is -3.52. The minimum Gasteiger partial charge on any atom is -0.497 e. The lowest BCUT2D eigenvalue weighted by Gasteiger charge is -2.31. The summed E-state index contributed by atoms with van der Waals surface area (Å²) >= 11 is 0. The third kappa shape index (κ3) is 8.48. The first-order valence-electron chi connectivity index (χ1n) is 13.4. The number of benzene rings is 2. The first kappa shape index (κ1) is 29.5. The second-order valence-corrected chi connectivity index (χ2v) is 12.1. The van der Waals surface area contributed by atoms with Crippen LogP contribution in [0.25, 0.3) is 0 Å². The molecule has 0 aromatic heterocycles. The highest BCUT2D eigenvalue weighted by molar-refractivity contribution is 7.92. The molecule has 0 saturated heterocycles. The van der Waals surface area contributed by atoms with Crippen LogP contribution in [0, 0.1) is 6.92 Å². The van der Waals surface area contributed by atoms with Crippen LogP contribution in [0.2, 0.25) is 0 Å². The van der Waals surface area contributed by atoms with E-state index < -0.39 is 16.1 Å². The molecule has 0 heterocycles. The number of anilines is 1. The summed E-state index contributed by atoms with van der Waals surface area (Å²) in [6.07, 6.45) is 6.92. The highest BCUT2D eigenvalue weighted by atomic mass is 32.2. The van der Waals surface area contributed by atoms with Gasteiger partial charge in [0.2, 0.25) is 21.8 Å². The van der Waals surface area contributed by atoms with Gasteiger partial charge in [-0.1, -0.05) is 43.5 Å². The van der Waals surface area contributed by atoms with Gasteiger partial charge in [0.1, 0.15) is 11.8 Å². The van der Waals surface area contributed by atoms with E-state index in [1.165, 1.54) is 17.0 Å². The van der Waals surface area contributed by atoms with Gasteiger partial charge < -0.3 is 15.0 Å². The first-order valence-corrected chi connectivity index (χ1v) is 15.2. The molecule has 1 saturated carbocycles. The predicted octanol–water partition coefficient (Wildman–Crippen LogP) is 4.42. The van der Waals surface area contributed by atoms with Crippen LogP contribution in [0.4, 0.5) is 5.69 Å². The van der Waals surface area contributed by atoms with E-state index in [1.54, 1.807) is 25.0 Å². The van der Waals surface area contributed by atoms with E-state index in [0.29, 0.717) is 17.9 Å². The van der Waals surface area contributed by atoms with E-state index in [9.17, 15) is 18.0 Å². The molecule has 2 aromatic rings. The maximum Gasteiger partial charge on any atom is 0.242 e. The summed E-state index contributed by atoms with van der Waals surface area (Å²) in [5.74, 6) is 0.318. The number of aryl methyl sites for hydroxylation is 1. The number of amides is 2. The van der Waals surface area contributed by atoms with Crippen molar-refractivity contribution in [2.75, 3.05) is 24.2 Å². The molecule has 0 spiro atoms. The Kier molecular flexibility index (Phi) is 10.6. The summed E-state index contributed by atoms with van der Waals surface area (Å²) in [5.41, 5.74) is 2.38. The lowest BCUT2D eigenvalue weighted by molar-refractivity contribution is -0.141. The second kappa shape index (κ2) is 13.6. The van der Waals surface area contributed by atoms with Gasteiger partial charge in [0, 0.05) is 25.6 Å². The van der Waals surface area contributed by atoms with Crippen molar-refractivity contribution in [1.82, 2.24) is 10.2 Å². The molecule has 1 aliphatic rings. The van der Waals surface area contributed by atoms with Crippen LogP contribution >= 0.6 is 0 Å². The molecule has 0 aliphatic heterocycles. The maximum atomic E-state index is 13.5. The van der Waals surface area contributed by atoms with Crippen LogP contribution in [-0.2, 0) is 26.2 Å². The fourth-order valence-electron chi connectivity index (χ4n) is 4.91. The molecule has 208 valence electrons. The van der Waals surface area contributed by atoms with Gasteiger partial charge in [0.15, 0.2) is 0 Å². The van der Waals surface area contributed by atoms with Crippen molar-refractivity contribution < 1.29 is 22.7 Å². The molecule has 3 rings (SSSR count). The zero-order valence-electron chi connectivity index (χ0n) is 23.0. The van der Waals surface area contributed by atoms with E-state index in [-0.39, 0.29) is 37.4 Å². The van der Waals surface area contributed by atoms with Crippen molar-refractivity contribution in [3.63, 3.8) is 0 Å². The Hall–Kier alpha value is -3.07. The zero-order chi connectivity index (χ0) is 27.7. The van der Waals surface area contributed by atoms with Crippen molar-refractivity contribution >= 4 is 27.5 Å². The van der Waals surface area contributed by atoms with E-state index in [4.69, 9.17) is 4.74 Å². The van der Waals surface area contributed by atoms with Crippen LogP contribution in [-0.4, -0.2) is 57.1 Å². The zero-order valence-corrected chi connectivity index (χ0v) is 23.8. The fourth-order valence-corrected chi connectivity index (χ4v) is 5.86. The van der Waals surface area contributed by atoms with Crippen LogP contribution < -0.4 is 14.4 Å². The number of hydrogen-bond acceptors (Lipinski definition) is 5. The van der Waals surface area contributed by atoms with Gasteiger partial charge >= 0.3 is 0 Å². The van der Waals surface area contributed by atoms with Gasteiger partial charge in [0.25, 0.3) is 0 Å². The Labute approximate surface area is 227 Å². The number of nitrogens with zero attached hydrogens (tertiary/aromatic N) is 2. The van der Waals surface area contributed by atoms with Gasteiger partial charge in [-0.3, -0.25) is 13.9 Å². The van der Waals surface area contributed by atoms with Gasteiger partial charge in [-0.05, 0) is 68.5 Å². The van der Waals surface area contributed by atoms with Crippen LogP contribution in [0.5, 0.6) is 5.75 Å². The number of methoxy groups -OCH3 is 1. The quantitative estimate of drug-likeness (QED) is 0.428. The van der Waals surface area contributed by atoms with E-state index in [1.807, 2.05) is 49.4 Å². The number of hydrogen-bond donors (Lipinski definition) is 1. The summed E-state index contributed by atoms with van der Waals surface area (Å²) in [4.78, 5) is 28.3. The highest BCUT2D eigenvalue weighted by Crippen LogP contribution is 2.22. The normalized spacial score (nSPS) is 14.9. The van der Waals surface area contributed by atoms with Crippen molar-refractivity contribution in [1.29, 1.82) is 0 Å². The first-order chi connectivity index (χ1) is 18.1. The summed E-state index contributed by atoms with van der Waals surface area (Å²) < 4.78 is 31.7. The molecule has 1 unspecified atom stereocenters. The minimum absolute atomic E-state index is 0.114. The number of ether oxygens (including phenoxy) is 1. The highest BCUT2D eigenvalue weighted by Gasteiger charge is 2.28. The molecule has 1 fully saturated rings. The lowest BCUT2D eigenvalue weighted by atomic mass is 9.95. The second-order valence-electron chi connectivity index (χ2n) is 10.2. The molecule has 1 aliphatic carbocycles. The Bertz CT molecular complexity index is 1190. The van der Waals surface area contributed by atoms with Crippen LogP contribution in [0.15, 0.2) is 48.5 Å². The fraction of sp³-hybridized carbons (Fsp3) is 0.517. The number of carbonyl (C=O) groups excluding carboxylic acids is 2. The Morgan fingerprint density at radius 1 is 1.08 bits per heavy atom. The van der Waals surface area contributed by atoms with Crippen molar-refractivity contribution in [3.8, 4) is 5.75 Å². The smallest absolute Gasteiger partial charge is 0.242 e. The predicted molar refractivity (Wildman–Crippen MR) is 151 cm³/mol. The van der Waals surface area contributed by atoms with Crippen molar-refractivity contribution in [2.45, 2.75) is 77.4 Å². The molecule has 9 heteroatoms. The van der Waals surface area contributed by atoms with E-state index in [0.717, 1.165) is 36.8 Å². The molecule has 8 nitrogen and oxygen atoms in total. The molecule has 0 bridgehead atoms. The molecule has 1 atom stereocenters. The van der Waals surface area contributed by atoms with Crippen molar-refractivity contribution in [3.05, 3.63) is 59.7 Å². The van der Waals surface area contributed by atoms with Gasteiger partial charge in [-0.25, -0.2) is 8.42 Å². The summed E-state index contributed by atoms with van der Waals surface area (Å²) in [5, 5.41) is 3.14. The molecule has 0 radical (unpaired) electrons. The third-order valence-corrected chi connectivity index (χ3v) is 8.24. The Morgan fingerprint density at radius 2 is 1.79 bits per heavy atom. The SMILES string of the molecule is COc1cccc(CN(C(=O)CCCN(c2cccc(C)c2)S(C)(=O)=O)C(C)C(=O)NC2CCCCC2)c1. The van der Waals surface area contributed by atoms with Gasteiger partial charge in [0.05, 0.1) is 19.1 Å². The third-order valence-electron chi connectivity index (χ3n) is 7.05. The molecular weight excluding hydrogens is 502 g/mol. The van der Waals surface area contributed by atoms with Crippen molar-refractivity contribution in [2.24, 2.45) is 0 Å². The van der Waals surface area contributed by atoms with Gasteiger partial charge in [-0.2, -0.15) is 0 Å². The summed E-state index contributed by atoms with van der Waals surface area (Å²) in [7, 11) is -1.94. The maximum absolute atomic E-state index is 13.5. The number of sulfonamides is 1. The van der Waals surface area contributed by atoms with Crippen LogP contribution in [0.1, 0.15) is 63.0 Å². The Morgan fingerprint density at radius 3 is 2.45 bits per heavy atom. The molecule has 2 amide bonds. The molecule has 1 N–H and O–H groups in total. The number of carbonyl (C=O) groups is 2. The topological polar surface area (TPSA) is 96.0 Å². The van der Waals surface area contributed by atoms with E-state index >= 15 is 0 Å². The summed E-state index contributed by atoms with van der Waals surface area (Å²) in [6.45, 7) is 4.09. The summed E-state index contributed by atoms with van der Waals surface area (Å²) in [6, 6.07) is 14.2. The average molecular weight is 544 g/mol. The monoisotopic (exact) mass is 543 g/mol. The van der Waals surface area contributed by atoms with Crippen LogP contribution in [0.3, 0.4) is 0 Å². The molecule has 38 heavy (non-hydrogen) atoms. The largest absolute Gasteiger partial charge is 0.497 e. The molecular formula is C29H41N3O5S. The Balaban J connectivity index is 1.73. The number of rotatable bonds is 12. The lowest BCUT2D eigenvalue weighted by Crippen LogP contribution is -2.50. The standard InChI is InChI=1S/C29H41N3O5S/c1-22-11-8-15-26(19-22)32(38(4,35)36)18-10-17-28(33)31(21-24-12-9-16-27(20-24)37-3)23(2)29(34)30-25-13-6-5-7-14-25/h8-9,11-12,15-16,19-20,23,25H,5-7,10,13-14,17-18,21H2,1-4H3,(H,30,34). The number of nitrogens with one attached hydrogen (secondary N) is 1. The average Bonchev–Trinajstić information content (AvgIpc) is 2.89.